The van der Waals surface area contributed by atoms with E-state index in [-0.39, 0.29) is 0 Å². The van der Waals surface area contributed by atoms with Gasteiger partial charge in [-0.2, -0.15) is 0 Å². The molecule has 1 aromatic heterocycles. The van der Waals surface area contributed by atoms with E-state index in [4.69, 9.17) is 0 Å². The molecular formula is C58H58N2S. The van der Waals surface area contributed by atoms with Gasteiger partial charge in [-0.1, -0.05) is 202 Å². The Labute approximate surface area is 369 Å². The topological polar surface area (TPSA) is 6.48 Å². The molecule has 0 atom stereocenters. The van der Waals surface area contributed by atoms with Gasteiger partial charge in [0.15, 0.2) is 0 Å². The molecule has 61 heavy (non-hydrogen) atoms. The van der Waals surface area contributed by atoms with Gasteiger partial charge in [0.1, 0.15) is 0 Å². The van der Waals surface area contributed by atoms with Crippen molar-refractivity contribution in [2.45, 2.75) is 27.7 Å². The second-order valence-electron chi connectivity index (χ2n) is 14.2. The number of nitrogens with zero attached hydrogens (tertiary/aromatic N) is 2. The summed E-state index contributed by atoms with van der Waals surface area (Å²) in [4.78, 5) is 5.74. The SMILES string of the molecule is C=Cc1ccc(C)cc1.C=Cc1ccc(N(C)c2cccc3ccccc23)cc1.CC.CN(c1ccccc1)c1ccc(-c2cc3ccccc3s2)cc1.Cc1ccccc1. The Hall–Kier alpha value is -6.94. The third kappa shape index (κ3) is 13.0. The molecule has 0 spiro atoms. The van der Waals surface area contributed by atoms with Gasteiger partial charge in [0.2, 0.25) is 0 Å². The smallest absolute Gasteiger partial charge is 0.0487 e. The molecule has 0 N–H and O–H groups in total. The van der Waals surface area contributed by atoms with Gasteiger partial charge in [-0.3, -0.25) is 0 Å². The van der Waals surface area contributed by atoms with E-state index in [0.29, 0.717) is 0 Å². The molecule has 306 valence electrons. The van der Waals surface area contributed by atoms with E-state index < -0.39 is 0 Å². The van der Waals surface area contributed by atoms with Gasteiger partial charge in [-0.05, 0) is 95.9 Å². The minimum Gasteiger partial charge on any atom is -0.345 e. The molecule has 3 heteroatoms. The summed E-state index contributed by atoms with van der Waals surface area (Å²) in [5.41, 5.74) is 11.0. The molecule has 0 amide bonds. The first-order valence-corrected chi connectivity index (χ1v) is 21.7. The van der Waals surface area contributed by atoms with Crippen LogP contribution >= 0.6 is 11.3 Å². The summed E-state index contributed by atoms with van der Waals surface area (Å²) in [7, 11) is 4.20. The zero-order valence-electron chi connectivity index (χ0n) is 36.5. The third-order valence-corrected chi connectivity index (χ3v) is 11.2. The van der Waals surface area contributed by atoms with Crippen LogP contribution in [0.15, 0.2) is 219 Å². The van der Waals surface area contributed by atoms with Crippen LogP contribution in [0.2, 0.25) is 0 Å². The van der Waals surface area contributed by atoms with E-state index in [2.05, 4.69) is 233 Å². The summed E-state index contributed by atoms with van der Waals surface area (Å²) < 4.78 is 1.34. The van der Waals surface area contributed by atoms with E-state index >= 15 is 0 Å². The number of hydrogen-bond acceptors (Lipinski definition) is 3. The summed E-state index contributed by atoms with van der Waals surface area (Å²) in [6.45, 7) is 15.6. The number of benzene rings is 8. The number of anilines is 4. The van der Waals surface area contributed by atoms with Crippen molar-refractivity contribution in [2.75, 3.05) is 23.9 Å². The lowest BCUT2D eigenvalue weighted by Crippen LogP contribution is -2.09. The van der Waals surface area contributed by atoms with E-state index in [1.807, 2.05) is 61.6 Å². The molecular weight excluding hydrogens is 757 g/mol. The number of hydrogen-bond donors (Lipinski definition) is 0. The van der Waals surface area contributed by atoms with Crippen molar-refractivity contribution in [1.82, 2.24) is 0 Å². The fourth-order valence-electron chi connectivity index (χ4n) is 6.48. The predicted molar refractivity (Wildman–Crippen MR) is 274 cm³/mol. The van der Waals surface area contributed by atoms with Gasteiger partial charge in [0, 0.05) is 51.8 Å². The van der Waals surface area contributed by atoms with Crippen LogP contribution in [-0.4, -0.2) is 14.1 Å². The largest absolute Gasteiger partial charge is 0.345 e. The van der Waals surface area contributed by atoms with Gasteiger partial charge in [0.25, 0.3) is 0 Å². The van der Waals surface area contributed by atoms with Crippen LogP contribution in [-0.2, 0) is 0 Å². The summed E-state index contributed by atoms with van der Waals surface area (Å²) in [6, 6.07) is 71.9. The minimum absolute atomic E-state index is 1.14. The van der Waals surface area contributed by atoms with Crippen molar-refractivity contribution in [3.8, 4) is 10.4 Å². The molecule has 0 saturated heterocycles. The lowest BCUT2D eigenvalue weighted by Gasteiger charge is -2.21. The lowest BCUT2D eigenvalue weighted by atomic mass is 10.1. The predicted octanol–water partition coefficient (Wildman–Crippen LogP) is 17.2. The second kappa shape index (κ2) is 23.6. The van der Waals surface area contributed by atoms with Crippen LogP contribution in [0.1, 0.15) is 36.1 Å². The van der Waals surface area contributed by atoms with Crippen molar-refractivity contribution < 1.29 is 0 Å². The first-order valence-electron chi connectivity index (χ1n) is 20.9. The number of para-hydroxylation sites is 1. The quantitative estimate of drug-likeness (QED) is 0.158. The Morgan fingerprint density at radius 1 is 0.426 bits per heavy atom. The highest BCUT2D eigenvalue weighted by atomic mass is 32.1. The van der Waals surface area contributed by atoms with Crippen LogP contribution in [0.4, 0.5) is 22.7 Å². The standard InChI is InChI=1S/C21H17NS.C19H17N.C9H10.C7H8.C2H6/c1-22(18-8-3-2-4-9-18)19-13-11-16(12-14-19)21-15-17-7-5-6-10-20(17)23-21;1-3-15-11-13-17(14-12-15)20(2)19-10-6-8-16-7-4-5-9-18(16)19;1-3-9-6-4-8(2)5-7-9;1-7-5-3-2-4-6-7;1-2/h2-15H,1H3;3-14H,1H2,2H3;3-7H,1H2,2H3;2-6H,1H3;1-2H3. The van der Waals surface area contributed by atoms with Crippen molar-refractivity contribution in [3.63, 3.8) is 0 Å². The maximum absolute atomic E-state index is 3.79. The highest BCUT2D eigenvalue weighted by Gasteiger charge is 2.08. The third-order valence-electron chi connectivity index (χ3n) is 10.0. The Morgan fingerprint density at radius 3 is 1.46 bits per heavy atom. The molecule has 0 aliphatic rings. The van der Waals surface area contributed by atoms with Gasteiger partial charge < -0.3 is 9.80 Å². The van der Waals surface area contributed by atoms with Gasteiger partial charge >= 0.3 is 0 Å². The zero-order chi connectivity index (χ0) is 43.4. The summed E-state index contributed by atoms with van der Waals surface area (Å²) in [5, 5.41) is 3.85. The Kier molecular flexibility index (Phi) is 17.5. The molecule has 0 fully saturated rings. The molecule has 9 aromatic rings. The highest BCUT2D eigenvalue weighted by Crippen LogP contribution is 2.35. The van der Waals surface area contributed by atoms with Gasteiger partial charge in [-0.15, -0.1) is 11.3 Å². The van der Waals surface area contributed by atoms with Gasteiger partial charge in [0.05, 0.1) is 0 Å². The fraction of sp³-hybridized carbons (Fsp3) is 0.103. The summed E-state index contributed by atoms with van der Waals surface area (Å²) in [6.07, 6.45) is 3.71. The molecule has 0 radical (unpaired) electrons. The zero-order valence-corrected chi connectivity index (χ0v) is 37.3. The van der Waals surface area contributed by atoms with Crippen LogP contribution in [0.25, 0.3) is 43.5 Å². The molecule has 9 rings (SSSR count). The second-order valence-corrected chi connectivity index (χ2v) is 15.3. The van der Waals surface area contributed by atoms with Crippen molar-refractivity contribution >= 4 is 67.1 Å². The van der Waals surface area contributed by atoms with E-state index in [1.165, 1.54) is 70.7 Å². The number of thiophene rings is 1. The average Bonchev–Trinajstić information content (AvgIpc) is 3.78. The Morgan fingerprint density at radius 2 is 0.885 bits per heavy atom. The maximum Gasteiger partial charge on any atom is 0.0487 e. The molecule has 1 heterocycles. The molecule has 0 saturated carbocycles. The molecule has 0 aliphatic carbocycles. The lowest BCUT2D eigenvalue weighted by molar-refractivity contribution is 1.21. The van der Waals surface area contributed by atoms with Crippen LogP contribution in [0.5, 0.6) is 0 Å². The average molecular weight is 815 g/mol. The van der Waals surface area contributed by atoms with E-state index in [1.54, 1.807) is 0 Å². The fourth-order valence-corrected chi connectivity index (χ4v) is 7.55. The summed E-state index contributed by atoms with van der Waals surface area (Å²) >= 11 is 1.85. The first kappa shape index (κ1) is 45.1. The van der Waals surface area contributed by atoms with Crippen molar-refractivity contribution in [2.24, 2.45) is 0 Å². The maximum atomic E-state index is 3.79. The number of rotatable bonds is 7. The first-order chi connectivity index (χ1) is 29.8. The summed E-state index contributed by atoms with van der Waals surface area (Å²) in [5.74, 6) is 0. The Balaban J connectivity index is 0.000000167. The Bertz CT molecular complexity index is 2620. The minimum atomic E-state index is 1.14. The monoisotopic (exact) mass is 814 g/mol. The van der Waals surface area contributed by atoms with Crippen molar-refractivity contribution in [1.29, 1.82) is 0 Å². The van der Waals surface area contributed by atoms with Crippen LogP contribution in [0, 0.1) is 13.8 Å². The van der Waals surface area contributed by atoms with Crippen LogP contribution in [0.3, 0.4) is 0 Å². The normalized spacial score (nSPS) is 9.93. The molecule has 0 bridgehead atoms. The molecule has 8 aromatic carbocycles. The van der Waals surface area contributed by atoms with E-state index in [9.17, 15) is 0 Å². The van der Waals surface area contributed by atoms with Crippen LogP contribution < -0.4 is 9.80 Å². The molecule has 0 aliphatic heterocycles. The molecule has 0 unspecified atom stereocenters. The molecule has 2 nitrogen and oxygen atoms in total. The van der Waals surface area contributed by atoms with E-state index in [0.717, 1.165) is 5.56 Å². The van der Waals surface area contributed by atoms with Gasteiger partial charge in [-0.25, -0.2) is 0 Å². The highest BCUT2D eigenvalue weighted by molar-refractivity contribution is 7.22. The van der Waals surface area contributed by atoms with Crippen molar-refractivity contribution in [3.05, 3.63) is 242 Å². The number of fused-ring (bicyclic) bond motifs is 2. The number of aryl methyl sites for hydroxylation is 2.